The molecule has 1 atom stereocenters. The summed E-state index contributed by atoms with van der Waals surface area (Å²) in [5.74, 6) is -0.924. The fourth-order valence-corrected chi connectivity index (χ4v) is 0.358. The number of carbonyl (C=O) groups excluding carboxylic acids is 1. The van der Waals surface area contributed by atoms with E-state index in [0.717, 1.165) is 0 Å². The molecule has 0 aromatic heterocycles. The molecule has 0 saturated heterocycles. The van der Waals surface area contributed by atoms with Gasteiger partial charge in [-0.2, -0.15) is 0 Å². The normalized spacial score (nSPS) is 11.3. The Morgan fingerprint density at radius 2 is 2.20 bits per heavy atom. The Morgan fingerprint density at radius 1 is 1.70 bits per heavy atom. The van der Waals surface area contributed by atoms with E-state index in [-0.39, 0.29) is 42.4 Å². The Kier molecular flexibility index (Phi) is 9.19. The number of rotatable bonds is 4. The number of hydrogen-bond acceptors (Lipinski definition) is 3. The van der Waals surface area contributed by atoms with Crippen LogP contribution in [-0.4, -0.2) is 53.0 Å². The Bertz CT molecular complexity index is 117. The molecule has 0 heterocycles. The van der Waals surface area contributed by atoms with Crippen LogP contribution in [0.5, 0.6) is 0 Å². The molecule has 0 fully saturated rings. The first-order valence-electron chi connectivity index (χ1n) is 2.59. The molecule has 0 radical (unpaired) electrons. The van der Waals surface area contributed by atoms with E-state index in [1.807, 2.05) is 0 Å². The van der Waals surface area contributed by atoms with Crippen LogP contribution in [0.1, 0.15) is 12.8 Å². The van der Waals surface area contributed by atoms with Crippen LogP contribution in [0, 0.1) is 0 Å². The molecule has 0 rings (SSSR count). The first-order valence-corrected chi connectivity index (χ1v) is 2.59. The number of aliphatic carboxylic acids is 1. The molecule has 0 aliphatic carbocycles. The van der Waals surface area contributed by atoms with Crippen molar-refractivity contribution in [3.05, 3.63) is 0 Å². The van der Waals surface area contributed by atoms with Crippen molar-refractivity contribution in [1.82, 2.24) is 0 Å². The number of carboxylic acid groups (broad SMARTS) is 1. The van der Waals surface area contributed by atoms with E-state index in [4.69, 9.17) is 10.8 Å². The maximum absolute atomic E-state index is 9.85. The van der Waals surface area contributed by atoms with Gasteiger partial charge in [0.1, 0.15) is 6.29 Å². The van der Waals surface area contributed by atoms with Gasteiger partial charge in [-0.05, 0) is 6.42 Å². The van der Waals surface area contributed by atoms with Crippen LogP contribution in [-0.2, 0) is 9.59 Å². The van der Waals surface area contributed by atoms with E-state index < -0.39 is 12.0 Å². The van der Waals surface area contributed by atoms with Gasteiger partial charge >= 0.3 is 35.5 Å². The average Bonchev–Trinajstić information content (AvgIpc) is 1.83. The zero-order valence-electron chi connectivity index (χ0n) is 4.91. The van der Waals surface area contributed by atoms with Gasteiger partial charge < -0.3 is 15.6 Å². The van der Waals surface area contributed by atoms with Crippen LogP contribution >= 0.6 is 0 Å². The predicted molar refractivity (Wildman–Crippen MR) is 38.1 cm³/mol. The van der Waals surface area contributed by atoms with Crippen LogP contribution < -0.4 is 5.73 Å². The van der Waals surface area contributed by atoms with Gasteiger partial charge in [-0.3, -0.25) is 4.79 Å². The Balaban J connectivity index is 0. The van der Waals surface area contributed by atoms with Crippen molar-refractivity contribution in [2.24, 2.45) is 5.73 Å². The second kappa shape index (κ2) is 7.21. The molecule has 0 aromatic carbocycles. The Hall–Kier alpha value is 0.100. The van der Waals surface area contributed by atoms with E-state index in [1.165, 1.54) is 0 Å². The third kappa shape index (κ3) is 8.10. The third-order valence-electron chi connectivity index (χ3n) is 0.866. The number of carboxylic acids is 1. The zero-order chi connectivity index (χ0) is 7.28. The van der Waals surface area contributed by atoms with Crippen molar-refractivity contribution in [3.8, 4) is 0 Å². The van der Waals surface area contributed by atoms with Crippen molar-refractivity contribution in [2.75, 3.05) is 0 Å². The SMILES string of the molecule is N[C@H](C=O)CCC(=O)O.[NaH]. The summed E-state index contributed by atoms with van der Waals surface area (Å²) in [6, 6.07) is -0.624. The number of nitrogens with two attached hydrogens (primary N) is 1. The van der Waals surface area contributed by atoms with E-state index in [2.05, 4.69) is 0 Å². The molecule has 0 aliphatic rings. The van der Waals surface area contributed by atoms with Crippen LogP contribution in [0.3, 0.4) is 0 Å². The van der Waals surface area contributed by atoms with Crippen LogP contribution in [0.2, 0.25) is 0 Å². The summed E-state index contributed by atoms with van der Waals surface area (Å²) in [6.45, 7) is 0. The minimum absolute atomic E-state index is 0. The molecule has 0 aromatic rings. The molecule has 0 spiro atoms. The van der Waals surface area contributed by atoms with Crippen molar-refractivity contribution >= 4 is 41.8 Å². The fraction of sp³-hybridized carbons (Fsp3) is 0.600. The Morgan fingerprint density at radius 3 is 2.50 bits per heavy atom. The van der Waals surface area contributed by atoms with Crippen molar-refractivity contribution < 1.29 is 14.7 Å². The summed E-state index contributed by atoms with van der Waals surface area (Å²) < 4.78 is 0. The van der Waals surface area contributed by atoms with Crippen LogP contribution in [0.4, 0.5) is 0 Å². The number of carbonyl (C=O) groups is 2. The van der Waals surface area contributed by atoms with Gasteiger partial charge in [-0.15, -0.1) is 0 Å². The van der Waals surface area contributed by atoms with E-state index in [1.54, 1.807) is 0 Å². The summed E-state index contributed by atoms with van der Waals surface area (Å²) >= 11 is 0. The van der Waals surface area contributed by atoms with Crippen LogP contribution in [0.15, 0.2) is 0 Å². The number of aldehydes is 1. The monoisotopic (exact) mass is 155 g/mol. The molecule has 4 nitrogen and oxygen atoms in total. The van der Waals surface area contributed by atoms with Gasteiger partial charge in [0.2, 0.25) is 0 Å². The summed E-state index contributed by atoms with van der Waals surface area (Å²) in [6.07, 6.45) is 0.724. The second-order valence-electron chi connectivity index (χ2n) is 1.73. The number of hydrogen-bond donors (Lipinski definition) is 2. The molecule has 0 unspecified atom stereocenters. The van der Waals surface area contributed by atoms with E-state index in [9.17, 15) is 9.59 Å². The molecular weight excluding hydrogens is 145 g/mol. The topological polar surface area (TPSA) is 80.4 Å². The first kappa shape index (κ1) is 12.7. The molecule has 0 bridgehead atoms. The van der Waals surface area contributed by atoms with Gasteiger partial charge in [-0.25, -0.2) is 0 Å². The van der Waals surface area contributed by atoms with Gasteiger partial charge in [0, 0.05) is 6.42 Å². The van der Waals surface area contributed by atoms with Crippen LogP contribution in [0.25, 0.3) is 0 Å². The average molecular weight is 155 g/mol. The molecule has 0 amide bonds. The minimum atomic E-state index is -0.924. The zero-order valence-corrected chi connectivity index (χ0v) is 4.91. The van der Waals surface area contributed by atoms with E-state index in [0.29, 0.717) is 6.29 Å². The standard InChI is InChI=1S/C5H9NO3.Na.H/c6-4(3-7)1-2-5(8)9;;/h3-4H,1-2,6H2,(H,8,9);;/t4-;;/m0../s1. The first-order chi connectivity index (χ1) is 4.16. The Labute approximate surface area is 81.1 Å². The third-order valence-corrected chi connectivity index (χ3v) is 0.866. The molecule has 5 heteroatoms. The molecule has 0 aliphatic heterocycles. The van der Waals surface area contributed by atoms with Crippen molar-refractivity contribution in [3.63, 3.8) is 0 Å². The quantitative estimate of drug-likeness (QED) is 0.392. The van der Waals surface area contributed by atoms with Gasteiger partial charge in [0.05, 0.1) is 6.04 Å². The maximum atomic E-state index is 9.85. The molecule has 54 valence electrons. The van der Waals surface area contributed by atoms with Gasteiger partial charge in [0.25, 0.3) is 0 Å². The summed E-state index contributed by atoms with van der Waals surface area (Å²) in [5, 5.41) is 8.09. The molecule has 10 heavy (non-hydrogen) atoms. The van der Waals surface area contributed by atoms with Crippen molar-refractivity contribution in [1.29, 1.82) is 0 Å². The molecule has 0 saturated carbocycles. The van der Waals surface area contributed by atoms with E-state index >= 15 is 0 Å². The summed E-state index contributed by atoms with van der Waals surface area (Å²) in [4.78, 5) is 19.6. The molecule has 3 N–H and O–H groups in total. The van der Waals surface area contributed by atoms with Gasteiger partial charge in [0.15, 0.2) is 0 Å². The fourth-order valence-electron chi connectivity index (χ4n) is 0.358. The summed E-state index contributed by atoms with van der Waals surface area (Å²) in [5.41, 5.74) is 5.09. The molecular formula is C5H10NNaO3. The second-order valence-corrected chi connectivity index (χ2v) is 1.73. The van der Waals surface area contributed by atoms with Gasteiger partial charge in [-0.1, -0.05) is 0 Å². The predicted octanol–water partition coefficient (Wildman–Crippen LogP) is -1.27. The van der Waals surface area contributed by atoms with Crippen molar-refractivity contribution in [2.45, 2.75) is 18.9 Å². The summed E-state index contributed by atoms with van der Waals surface area (Å²) in [7, 11) is 0.